The van der Waals surface area contributed by atoms with E-state index in [1.165, 1.54) is 0 Å². The fourth-order valence-electron chi connectivity index (χ4n) is 1.44. The van der Waals surface area contributed by atoms with Crippen molar-refractivity contribution < 1.29 is 4.79 Å². The number of likely N-dealkylation sites (N-methyl/N-ethyl adjacent to an activating group) is 1. The van der Waals surface area contributed by atoms with Crippen LogP contribution in [0, 0.1) is 11.8 Å². The van der Waals surface area contributed by atoms with Gasteiger partial charge in [-0.25, -0.2) is 0 Å². The smallest absolute Gasteiger partial charge is 0.239 e. The van der Waals surface area contributed by atoms with E-state index in [1.54, 1.807) is 4.90 Å². The highest BCUT2D eigenvalue weighted by atomic mass is 16.2. The van der Waals surface area contributed by atoms with E-state index in [-0.39, 0.29) is 17.9 Å². The first-order valence-corrected chi connectivity index (χ1v) is 5.94. The van der Waals surface area contributed by atoms with Crippen molar-refractivity contribution in [3.05, 3.63) is 0 Å². The zero-order chi connectivity index (χ0) is 12.0. The molecule has 2 unspecified atom stereocenters. The van der Waals surface area contributed by atoms with Gasteiger partial charge in [-0.15, -0.1) is 0 Å². The van der Waals surface area contributed by atoms with Gasteiger partial charge in [-0.2, -0.15) is 0 Å². The van der Waals surface area contributed by atoms with Crippen LogP contribution >= 0.6 is 0 Å². The highest BCUT2D eigenvalue weighted by molar-refractivity contribution is 5.81. The Morgan fingerprint density at radius 2 is 1.80 bits per heavy atom. The molecule has 0 aliphatic carbocycles. The van der Waals surface area contributed by atoms with Crippen LogP contribution in [0.1, 0.15) is 40.5 Å². The average Bonchev–Trinajstić information content (AvgIpc) is 2.25. The van der Waals surface area contributed by atoms with Crippen molar-refractivity contribution in [2.75, 3.05) is 13.6 Å². The molecule has 0 aromatic rings. The van der Waals surface area contributed by atoms with E-state index in [9.17, 15) is 4.79 Å². The monoisotopic (exact) mass is 214 g/mol. The Balaban J connectivity index is 4.19. The number of carbonyl (C=O) groups is 1. The van der Waals surface area contributed by atoms with E-state index in [0.717, 1.165) is 19.4 Å². The summed E-state index contributed by atoms with van der Waals surface area (Å²) in [5.74, 6) is 0.879. The van der Waals surface area contributed by atoms with E-state index in [1.807, 2.05) is 14.0 Å². The van der Waals surface area contributed by atoms with Gasteiger partial charge < -0.3 is 10.6 Å². The topological polar surface area (TPSA) is 46.3 Å². The zero-order valence-electron chi connectivity index (χ0n) is 10.8. The molecule has 0 aliphatic heterocycles. The number of hydrogen-bond acceptors (Lipinski definition) is 2. The van der Waals surface area contributed by atoms with E-state index in [2.05, 4.69) is 20.8 Å². The summed E-state index contributed by atoms with van der Waals surface area (Å²) >= 11 is 0. The predicted molar refractivity (Wildman–Crippen MR) is 64.5 cm³/mol. The van der Waals surface area contributed by atoms with Crippen molar-refractivity contribution >= 4 is 5.91 Å². The standard InChI is InChI=1S/C12H26N2O/c1-6-9(3)8-14(5)12(15)11(13)10(4)7-2/h9-11H,6-8,13H2,1-5H3/t9?,10?,11-/m0/s1. The molecule has 0 saturated carbocycles. The zero-order valence-corrected chi connectivity index (χ0v) is 10.8. The Morgan fingerprint density at radius 3 is 2.20 bits per heavy atom. The summed E-state index contributed by atoms with van der Waals surface area (Å²) in [5, 5.41) is 0. The first kappa shape index (κ1) is 14.4. The van der Waals surface area contributed by atoms with Gasteiger partial charge in [0.25, 0.3) is 0 Å². The van der Waals surface area contributed by atoms with Crippen LogP contribution in [0.2, 0.25) is 0 Å². The van der Waals surface area contributed by atoms with Gasteiger partial charge in [-0.3, -0.25) is 4.79 Å². The third-order valence-electron chi connectivity index (χ3n) is 3.20. The van der Waals surface area contributed by atoms with Gasteiger partial charge >= 0.3 is 0 Å². The van der Waals surface area contributed by atoms with Crippen molar-refractivity contribution in [3.8, 4) is 0 Å². The van der Waals surface area contributed by atoms with Crippen molar-refractivity contribution in [2.45, 2.75) is 46.6 Å². The largest absolute Gasteiger partial charge is 0.344 e. The van der Waals surface area contributed by atoms with Gasteiger partial charge in [0.1, 0.15) is 0 Å². The molecule has 0 rings (SSSR count). The van der Waals surface area contributed by atoms with Crippen LogP contribution in [0.5, 0.6) is 0 Å². The molecule has 0 fully saturated rings. The van der Waals surface area contributed by atoms with E-state index >= 15 is 0 Å². The predicted octanol–water partition coefficient (Wildman–Crippen LogP) is 1.86. The molecule has 0 spiro atoms. The molecule has 15 heavy (non-hydrogen) atoms. The van der Waals surface area contributed by atoms with Crippen LogP contribution in [-0.4, -0.2) is 30.4 Å². The summed E-state index contributed by atoms with van der Waals surface area (Å²) in [6, 6.07) is -0.343. The molecule has 1 amide bonds. The molecule has 0 radical (unpaired) electrons. The second kappa shape index (κ2) is 6.83. The maximum Gasteiger partial charge on any atom is 0.239 e. The van der Waals surface area contributed by atoms with Crippen molar-refractivity contribution in [1.82, 2.24) is 4.90 Å². The van der Waals surface area contributed by atoms with E-state index in [0.29, 0.717) is 5.92 Å². The Kier molecular flexibility index (Phi) is 6.57. The molecule has 0 bridgehead atoms. The number of hydrogen-bond donors (Lipinski definition) is 1. The summed E-state index contributed by atoms with van der Waals surface area (Å²) in [6.45, 7) is 9.18. The second-order valence-electron chi connectivity index (χ2n) is 4.64. The van der Waals surface area contributed by atoms with E-state index < -0.39 is 0 Å². The molecule has 3 nitrogen and oxygen atoms in total. The van der Waals surface area contributed by atoms with Crippen LogP contribution in [0.4, 0.5) is 0 Å². The van der Waals surface area contributed by atoms with Crippen molar-refractivity contribution in [3.63, 3.8) is 0 Å². The summed E-state index contributed by atoms with van der Waals surface area (Å²) in [6.07, 6.45) is 2.04. The summed E-state index contributed by atoms with van der Waals surface area (Å²) in [5.41, 5.74) is 5.90. The Labute approximate surface area is 94.0 Å². The first-order chi connectivity index (χ1) is 6.93. The molecular formula is C12H26N2O. The second-order valence-corrected chi connectivity index (χ2v) is 4.64. The molecule has 3 atom stereocenters. The number of nitrogens with zero attached hydrogens (tertiary/aromatic N) is 1. The third-order valence-corrected chi connectivity index (χ3v) is 3.20. The van der Waals surface area contributed by atoms with Crippen LogP contribution < -0.4 is 5.73 Å². The van der Waals surface area contributed by atoms with Crippen LogP contribution in [0.25, 0.3) is 0 Å². The van der Waals surface area contributed by atoms with Crippen LogP contribution in [-0.2, 0) is 4.79 Å². The third kappa shape index (κ3) is 4.65. The van der Waals surface area contributed by atoms with Crippen LogP contribution in [0.15, 0.2) is 0 Å². The van der Waals surface area contributed by atoms with E-state index in [4.69, 9.17) is 5.73 Å². The molecule has 0 aromatic heterocycles. The Bertz CT molecular complexity index is 194. The van der Waals surface area contributed by atoms with Gasteiger partial charge in [-0.05, 0) is 11.8 Å². The quantitative estimate of drug-likeness (QED) is 0.733. The molecule has 0 saturated heterocycles. The Morgan fingerprint density at radius 1 is 1.27 bits per heavy atom. The lowest BCUT2D eigenvalue weighted by Crippen LogP contribution is -2.46. The number of amides is 1. The highest BCUT2D eigenvalue weighted by Crippen LogP contribution is 2.09. The lowest BCUT2D eigenvalue weighted by Gasteiger charge is -2.26. The highest BCUT2D eigenvalue weighted by Gasteiger charge is 2.23. The summed E-state index contributed by atoms with van der Waals surface area (Å²) in [7, 11) is 1.84. The minimum absolute atomic E-state index is 0.0738. The fourth-order valence-corrected chi connectivity index (χ4v) is 1.44. The van der Waals surface area contributed by atoms with Crippen LogP contribution in [0.3, 0.4) is 0 Å². The number of carbonyl (C=O) groups excluding carboxylic acids is 1. The number of nitrogens with two attached hydrogens (primary N) is 1. The number of rotatable bonds is 6. The van der Waals surface area contributed by atoms with Crippen molar-refractivity contribution in [2.24, 2.45) is 17.6 Å². The summed E-state index contributed by atoms with van der Waals surface area (Å²) < 4.78 is 0. The minimum Gasteiger partial charge on any atom is -0.344 e. The first-order valence-electron chi connectivity index (χ1n) is 5.94. The molecule has 0 heterocycles. The average molecular weight is 214 g/mol. The molecule has 0 aromatic carbocycles. The minimum atomic E-state index is -0.343. The van der Waals surface area contributed by atoms with Gasteiger partial charge in [0, 0.05) is 13.6 Å². The van der Waals surface area contributed by atoms with Gasteiger partial charge in [0.15, 0.2) is 0 Å². The molecular weight excluding hydrogens is 188 g/mol. The van der Waals surface area contributed by atoms with Gasteiger partial charge in [0.05, 0.1) is 6.04 Å². The summed E-state index contributed by atoms with van der Waals surface area (Å²) in [4.78, 5) is 13.7. The fraction of sp³-hybridized carbons (Fsp3) is 0.917. The lowest BCUT2D eigenvalue weighted by molar-refractivity contribution is -0.132. The normalized spacial score (nSPS) is 16.9. The SMILES string of the molecule is CCC(C)CN(C)C(=O)[C@@H](N)C(C)CC. The van der Waals surface area contributed by atoms with Crippen molar-refractivity contribution in [1.29, 1.82) is 0 Å². The van der Waals surface area contributed by atoms with Gasteiger partial charge in [-0.1, -0.05) is 40.5 Å². The molecule has 2 N–H and O–H groups in total. The molecule has 90 valence electrons. The lowest BCUT2D eigenvalue weighted by atomic mass is 9.98. The molecule has 3 heteroatoms. The molecule has 0 aliphatic rings. The van der Waals surface area contributed by atoms with Gasteiger partial charge in [0.2, 0.25) is 5.91 Å². The Hall–Kier alpha value is -0.570. The maximum atomic E-state index is 11.9. The maximum absolute atomic E-state index is 11.9.